The molecule has 0 saturated heterocycles. The molecule has 2 aliphatic rings. The van der Waals surface area contributed by atoms with Crippen LogP contribution in [0.4, 0.5) is 0 Å². The van der Waals surface area contributed by atoms with Crippen molar-refractivity contribution in [2.24, 2.45) is 5.92 Å². The van der Waals surface area contributed by atoms with Gasteiger partial charge in [0.05, 0.1) is 6.04 Å². The van der Waals surface area contributed by atoms with E-state index in [1.165, 1.54) is 43.2 Å². The highest BCUT2D eigenvalue weighted by atomic mass is 16.2. The largest absolute Gasteiger partial charge is 0.339 e. The highest BCUT2D eigenvalue weighted by molar-refractivity contribution is 5.77. The molecule has 2 aliphatic carbocycles. The van der Waals surface area contributed by atoms with Gasteiger partial charge >= 0.3 is 0 Å². The molecule has 1 aromatic carbocycles. The first kappa shape index (κ1) is 13.7. The van der Waals surface area contributed by atoms with Crippen molar-refractivity contribution < 1.29 is 4.79 Å². The van der Waals surface area contributed by atoms with E-state index in [1.54, 1.807) is 0 Å². The van der Waals surface area contributed by atoms with Gasteiger partial charge in [0, 0.05) is 13.5 Å². The van der Waals surface area contributed by atoms with Gasteiger partial charge in [-0.2, -0.15) is 0 Å². The molecule has 1 atom stereocenters. The summed E-state index contributed by atoms with van der Waals surface area (Å²) in [6, 6.07) is 8.90. The van der Waals surface area contributed by atoms with Gasteiger partial charge in [-0.05, 0) is 42.7 Å². The summed E-state index contributed by atoms with van der Waals surface area (Å²) in [7, 11) is 2.00. The fourth-order valence-electron chi connectivity index (χ4n) is 3.89. The van der Waals surface area contributed by atoms with E-state index in [4.69, 9.17) is 0 Å². The van der Waals surface area contributed by atoms with Gasteiger partial charge in [-0.3, -0.25) is 4.79 Å². The summed E-state index contributed by atoms with van der Waals surface area (Å²) >= 11 is 0. The van der Waals surface area contributed by atoms with Gasteiger partial charge in [-0.25, -0.2) is 0 Å². The predicted octanol–water partition coefficient (Wildman–Crippen LogP) is 4.10. The molecule has 0 heterocycles. The Balaban J connectivity index is 1.64. The second kappa shape index (κ2) is 5.99. The number of hydrogen-bond donors (Lipinski definition) is 0. The minimum atomic E-state index is 0.308. The van der Waals surface area contributed by atoms with Crippen molar-refractivity contribution in [3.05, 3.63) is 35.4 Å². The second-order valence-corrected chi connectivity index (χ2v) is 6.47. The lowest BCUT2D eigenvalue weighted by Crippen LogP contribution is -2.31. The van der Waals surface area contributed by atoms with Crippen molar-refractivity contribution in [3.63, 3.8) is 0 Å². The Hall–Kier alpha value is -1.31. The zero-order chi connectivity index (χ0) is 13.9. The Morgan fingerprint density at radius 1 is 1.15 bits per heavy atom. The highest BCUT2D eigenvalue weighted by Crippen LogP contribution is 2.36. The Bertz CT molecular complexity index is 476. The van der Waals surface area contributed by atoms with E-state index < -0.39 is 0 Å². The van der Waals surface area contributed by atoms with Crippen LogP contribution in [0.5, 0.6) is 0 Å². The van der Waals surface area contributed by atoms with E-state index in [-0.39, 0.29) is 0 Å². The van der Waals surface area contributed by atoms with Crippen molar-refractivity contribution >= 4 is 5.91 Å². The van der Waals surface area contributed by atoms with Crippen LogP contribution in [0.3, 0.4) is 0 Å². The first-order valence-corrected chi connectivity index (χ1v) is 8.09. The van der Waals surface area contributed by atoms with E-state index in [2.05, 4.69) is 24.3 Å². The van der Waals surface area contributed by atoms with Crippen molar-refractivity contribution in [1.82, 2.24) is 4.90 Å². The van der Waals surface area contributed by atoms with Gasteiger partial charge in [-0.15, -0.1) is 0 Å². The monoisotopic (exact) mass is 271 g/mol. The van der Waals surface area contributed by atoms with E-state index >= 15 is 0 Å². The Labute approximate surface area is 122 Å². The van der Waals surface area contributed by atoms with Crippen LogP contribution in [0, 0.1) is 5.92 Å². The van der Waals surface area contributed by atoms with Crippen LogP contribution in [-0.4, -0.2) is 17.9 Å². The molecule has 1 aromatic rings. The molecule has 0 radical (unpaired) electrons. The molecule has 108 valence electrons. The number of fused-ring (bicyclic) bond motifs is 1. The molecule has 2 heteroatoms. The molecule has 0 N–H and O–H groups in total. The van der Waals surface area contributed by atoms with E-state index in [0.717, 1.165) is 19.3 Å². The number of hydrogen-bond acceptors (Lipinski definition) is 1. The minimum absolute atomic E-state index is 0.308. The SMILES string of the molecule is CN(C(=O)CC1CCCCC1)C1CCc2ccccc21. The van der Waals surface area contributed by atoms with Crippen molar-refractivity contribution in [3.8, 4) is 0 Å². The number of benzene rings is 1. The van der Waals surface area contributed by atoms with Crippen LogP contribution in [0.15, 0.2) is 24.3 Å². The van der Waals surface area contributed by atoms with Crippen LogP contribution in [0.1, 0.15) is 62.1 Å². The van der Waals surface area contributed by atoms with E-state index in [0.29, 0.717) is 17.9 Å². The van der Waals surface area contributed by atoms with Crippen LogP contribution in [0.2, 0.25) is 0 Å². The zero-order valence-corrected chi connectivity index (χ0v) is 12.5. The first-order valence-electron chi connectivity index (χ1n) is 8.09. The van der Waals surface area contributed by atoms with Crippen molar-refractivity contribution in [2.45, 2.75) is 57.4 Å². The number of carbonyl (C=O) groups is 1. The number of aryl methyl sites for hydroxylation is 1. The summed E-state index contributed by atoms with van der Waals surface area (Å²) < 4.78 is 0. The maximum absolute atomic E-state index is 12.5. The number of amides is 1. The maximum Gasteiger partial charge on any atom is 0.223 e. The Morgan fingerprint density at radius 2 is 1.90 bits per heavy atom. The van der Waals surface area contributed by atoms with Crippen molar-refractivity contribution in [1.29, 1.82) is 0 Å². The fourth-order valence-corrected chi connectivity index (χ4v) is 3.89. The molecule has 1 fully saturated rings. The predicted molar refractivity (Wildman–Crippen MR) is 81.5 cm³/mol. The maximum atomic E-state index is 12.5. The third kappa shape index (κ3) is 2.74. The number of rotatable bonds is 3. The van der Waals surface area contributed by atoms with Crippen LogP contribution >= 0.6 is 0 Å². The Kier molecular flexibility index (Phi) is 4.09. The molecule has 20 heavy (non-hydrogen) atoms. The lowest BCUT2D eigenvalue weighted by Gasteiger charge is -2.28. The van der Waals surface area contributed by atoms with Crippen LogP contribution in [-0.2, 0) is 11.2 Å². The third-order valence-corrected chi connectivity index (χ3v) is 5.15. The molecule has 0 aromatic heterocycles. The van der Waals surface area contributed by atoms with Gasteiger partial charge < -0.3 is 4.90 Å². The van der Waals surface area contributed by atoms with E-state index in [9.17, 15) is 4.79 Å². The molecule has 2 nitrogen and oxygen atoms in total. The van der Waals surface area contributed by atoms with E-state index in [1.807, 2.05) is 11.9 Å². The van der Waals surface area contributed by atoms with Gasteiger partial charge in [0.15, 0.2) is 0 Å². The molecular formula is C18H25NO. The lowest BCUT2D eigenvalue weighted by molar-refractivity contribution is -0.133. The summed E-state index contributed by atoms with van der Waals surface area (Å²) in [6.07, 6.45) is 9.45. The summed E-state index contributed by atoms with van der Waals surface area (Å²) in [6.45, 7) is 0. The van der Waals surface area contributed by atoms with Gasteiger partial charge in [0.2, 0.25) is 5.91 Å². The lowest BCUT2D eigenvalue weighted by atomic mass is 9.86. The van der Waals surface area contributed by atoms with Gasteiger partial charge in [0.25, 0.3) is 0 Å². The third-order valence-electron chi connectivity index (χ3n) is 5.15. The van der Waals surface area contributed by atoms with Crippen molar-refractivity contribution in [2.75, 3.05) is 7.05 Å². The van der Waals surface area contributed by atoms with Gasteiger partial charge in [0.1, 0.15) is 0 Å². The average Bonchev–Trinajstić information content (AvgIpc) is 2.91. The molecule has 1 unspecified atom stereocenters. The topological polar surface area (TPSA) is 20.3 Å². The molecule has 1 amide bonds. The smallest absolute Gasteiger partial charge is 0.223 e. The van der Waals surface area contributed by atoms with Crippen LogP contribution in [0.25, 0.3) is 0 Å². The molecule has 0 spiro atoms. The fraction of sp³-hybridized carbons (Fsp3) is 0.611. The second-order valence-electron chi connectivity index (χ2n) is 6.47. The summed E-state index contributed by atoms with van der Waals surface area (Å²) in [5, 5.41) is 0. The molecule has 0 aliphatic heterocycles. The summed E-state index contributed by atoms with van der Waals surface area (Å²) in [4.78, 5) is 14.5. The quantitative estimate of drug-likeness (QED) is 0.810. The standard InChI is InChI=1S/C18H25NO/c1-19(18(20)13-14-7-3-2-4-8-14)17-12-11-15-9-5-6-10-16(15)17/h5-6,9-10,14,17H,2-4,7-8,11-13H2,1H3. The Morgan fingerprint density at radius 3 is 2.70 bits per heavy atom. The minimum Gasteiger partial charge on any atom is -0.339 e. The van der Waals surface area contributed by atoms with Gasteiger partial charge in [-0.1, -0.05) is 43.5 Å². The molecule has 0 bridgehead atoms. The summed E-state index contributed by atoms with van der Waals surface area (Å²) in [5.41, 5.74) is 2.79. The normalized spacial score (nSPS) is 22.6. The number of nitrogens with zero attached hydrogens (tertiary/aromatic N) is 1. The molecular weight excluding hydrogens is 246 g/mol. The molecule has 1 saturated carbocycles. The van der Waals surface area contributed by atoms with Crippen LogP contribution < -0.4 is 0 Å². The highest BCUT2D eigenvalue weighted by Gasteiger charge is 2.29. The number of carbonyl (C=O) groups excluding carboxylic acids is 1. The first-order chi connectivity index (χ1) is 9.75. The summed E-state index contributed by atoms with van der Waals surface area (Å²) in [5.74, 6) is 0.981. The molecule has 3 rings (SSSR count). The zero-order valence-electron chi connectivity index (χ0n) is 12.5. The average molecular weight is 271 g/mol.